The van der Waals surface area contributed by atoms with Gasteiger partial charge in [-0.25, -0.2) is 0 Å². The van der Waals surface area contributed by atoms with Crippen molar-refractivity contribution in [1.82, 2.24) is 5.32 Å². The van der Waals surface area contributed by atoms with Crippen LogP contribution in [0.4, 0.5) is 0 Å². The number of amides is 1. The topological polar surface area (TPSA) is 29.1 Å². The number of nitrogens with one attached hydrogen (secondary N) is 1. The molecule has 2 rings (SSSR count). The van der Waals surface area contributed by atoms with Crippen LogP contribution in [0.25, 0.3) is 0 Å². The highest BCUT2D eigenvalue weighted by Crippen LogP contribution is 2.45. The molecule has 0 aromatic heterocycles. The molecule has 0 aromatic carbocycles. The Bertz CT molecular complexity index is 226. The third-order valence-electron chi connectivity index (χ3n) is 3.78. The summed E-state index contributed by atoms with van der Waals surface area (Å²) in [6, 6.07) is 0. The molecule has 0 atom stereocenters. The van der Waals surface area contributed by atoms with Crippen molar-refractivity contribution in [2.45, 2.75) is 46.0 Å². The maximum atomic E-state index is 11.6. The van der Waals surface area contributed by atoms with E-state index in [2.05, 4.69) is 19.2 Å². The first-order valence-electron chi connectivity index (χ1n) is 5.33. The van der Waals surface area contributed by atoms with Crippen LogP contribution in [0.2, 0.25) is 0 Å². The molecular weight excluding hydrogens is 162 g/mol. The molecule has 2 saturated carbocycles. The van der Waals surface area contributed by atoms with E-state index in [1.165, 1.54) is 19.3 Å². The number of hydrogen-bond acceptors (Lipinski definition) is 1. The lowest BCUT2D eigenvalue weighted by molar-refractivity contribution is -0.126. The van der Waals surface area contributed by atoms with Gasteiger partial charge < -0.3 is 5.32 Å². The Morgan fingerprint density at radius 1 is 1.23 bits per heavy atom. The highest BCUT2D eigenvalue weighted by molar-refractivity contribution is 5.84. The first kappa shape index (κ1) is 9.04. The maximum Gasteiger partial charge on any atom is 0.225 e. The summed E-state index contributed by atoms with van der Waals surface area (Å²) in [5.74, 6) is 0.278. The second-order valence-electron chi connectivity index (χ2n) is 5.41. The summed E-state index contributed by atoms with van der Waals surface area (Å²) in [6.45, 7) is 5.22. The molecule has 0 bridgehead atoms. The fraction of sp³-hybridized carbons (Fsp3) is 0.909. The fourth-order valence-corrected chi connectivity index (χ4v) is 1.88. The average molecular weight is 181 g/mol. The first-order chi connectivity index (χ1) is 6.04. The smallest absolute Gasteiger partial charge is 0.225 e. The van der Waals surface area contributed by atoms with Crippen molar-refractivity contribution < 1.29 is 4.79 Å². The predicted octanol–water partition coefficient (Wildman–Crippen LogP) is 2.09. The Labute approximate surface area is 80.1 Å². The van der Waals surface area contributed by atoms with Crippen LogP contribution in [0.1, 0.15) is 46.0 Å². The van der Waals surface area contributed by atoms with Crippen molar-refractivity contribution in [3.05, 3.63) is 0 Å². The molecule has 0 radical (unpaired) electrons. The van der Waals surface area contributed by atoms with Crippen molar-refractivity contribution in [3.63, 3.8) is 0 Å². The Morgan fingerprint density at radius 2 is 1.85 bits per heavy atom. The Balaban J connectivity index is 1.76. The fourth-order valence-electron chi connectivity index (χ4n) is 1.88. The van der Waals surface area contributed by atoms with Crippen LogP contribution >= 0.6 is 0 Å². The van der Waals surface area contributed by atoms with Crippen LogP contribution in [0.3, 0.4) is 0 Å². The number of hydrogen-bond donors (Lipinski definition) is 1. The standard InChI is InChI=1S/C11H19NO/c1-10(4-3-5-10)8-12-9(13)11(2)6-7-11/h3-8H2,1-2H3,(H,12,13). The molecule has 2 fully saturated rings. The largest absolute Gasteiger partial charge is 0.355 e. The van der Waals surface area contributed by atoms with Gasteiger partial charge in [0.1, 0.15) is 0 Å². The van der Waals surface area contributed by atoms with E-state index in [0.717, 1.165) is 19.4 Å². The minimum Gasteiger partial charge on any atom is -0.355 e. The van der Waals surface area contributed by atoms with E-state index in [4.69, 9.17) is 0 Å². The third-order valence-corrected chi connectivity index (χ3v) is 3.78. The van der Waals surface area contributed by atoms with Gasteiger partial charge in [0.2, 0.25) is 5.91 Å². The van der Waals surface area contributed by atoms with Gasteiger partial charge in [0, 0.05) is 12.0 Å². The van der Waals surface area contributed by atoms with Crippen molar-refractivity contribution in [1.29, 1.82) is 0 Å². The average Bonchev–Trinajstić information content (AvgIpc) is 2.77. The van der Waals surface area contributed by atoms with E-state index >= 15 is 0 Å². The summed E-state index contributed by atoms with van der Waals surface area (Å²) >= 11 is 0. The molecule has 0 unspecified atom stereocenters. The molecule has 0 aromatic rings. The van der Waals surface area contributed by atoms with Crippen molar-refractivity contribution >= 4 is 5.91 Å². The molecule has 2 aliphatic carbocycles. The molecule has 0 heterocycles. The van der Waals surface area contributed by atoms with Crippen molar-refractivity contribution in [3.8, 4) is 0 Å². The molecule has 2 heteroatoms. The van der Waals surface area contributed by atoms with Gasteiger partial charge in [0.05, 0.1) is 0 Å². The highest BCUT2D eigenvalue weighted by atomic mass is 16.2. The van der Waals surface area contributed by atoms with Gasteiger partial charge in [-0.1, -0.05) is 20.3 Å². The van der Waals surface area contributed by atoms with E-state index in [1.54, 1.807) is 0 Å². The number of carbonyl (C=O) groups excluding carboxylic acids is 1. The second kappa shape index (κ2) is 2.73. The van der Waals surface area contributed by atoms with Gasteiger partial charge in [0.15, 0.2) is 0 Å². The van der Waals surface area contributed by atoms with Crippen LogP contribution < -0.4 is 5.32 Å². The van der Waals surface area contributed by atoms with E-state index in [1.807, 2.05) is 0 Å². The second-order valence-corrected chi connectivity index (χ2v) is 5.41. The molecule has 0 saturated heterocycles. The lowest BCUT2D eigenvalue weighted by Gasteiger charge is -2.38. The van der Waals surface area contributed by atoms with Gasteiger partial charge in [-0.3, -0.25) is 4.79 Å². The molecular formula is C11H19NO. The molecule has 13 heavy (non-hydrogen) atoms. The summed E-state index contributed by atoms with van der Waals surface area (Å²) < 4.78 is 0. The quantitative estimate of drug-likeness (QED) is 0.709. The summed E-state index contributed by atoms with van der Waals surface area (Å²) in [4.78, 5) is 11.6. The van der Waals surface area contributed by atoms with Gasteiger partial charge >= 0.3 is 0 Å². The van der Waals surface area contributed by atoms with E-state index in [0.29, 0.717) is 5.41 Å². The molecule has 0 spiro atoms. The van der Waals surface area contributed by atoms with Crippen LogP contribution in [0, 0.1) is 10.8 Å². The Kier molecular flexibility index (Phi) is 1.90. The zero-order valence-electron chi connectivity index (χ0n) is 8.65. The Hall–Kier alpha value is -0.530. The molecule has 2 aliphatic rings. The lowest BCUT2D eigenvalue weighted by atomic mass is 9.70. The van der Waals surface area contributed by atoms with Crippen LogP contribution in [-0.2, 0) is 4.79 Å². The maximum absolute atomic E-state index is 11.6. The molecule has 2 nitrogen and oxygen atoms in total. The zero-order chi connectivity index (χ0) is 9.53. The number of rotatable bonds is 3. The Morgan fingerprint density at radius 3 is 2.23 bits per heavy atom. The monoisotopic (exact) mass is 181 g/mol. The summed E-state index contributed by atoms with van der Waals surface area (Å²) in [5.41, 5.74) is 0.418. The molecule has 1 N–H and O–H groups in total. The van der Waals surface area contributed by atoms with E-state index in [-0.39, 0.29) is 11.3 Å². The normalized spacial score (nSPS) is 27.5. The highest BCUT2D eigenvalue weighted by Gasteiger charge is 2.45. The van der Waals surface area contributed by atoms with E-state index < -0.39 is 0 Å². The number of carbonyl (C=O) groups is 1. The van der Waals surface area contributed by atoms with Gasteiger partial charge in [0.25, 0.3) is 0 Å². The minimum absolute atomic E-state index is 0.000106. The van der Waals surface area contributed by atoms with Gasteiger partial charge in [-0.2, -0.15) is 0 Å². The molecule has 0 aliphatic heterocycles. The summed E-state index contributed by atoms with van der Waals surface area (Å²) in [7, 11) is 0. The predicted molar refractivity (Wildman–Crippen MR) is 52.3 cm³/mol. The van der Waals surface area contributed by atoms with Crippen LogP contribution in [-0.4, -0.2) is 12.5 Å². The zero-order valence-corrected chi connectivity index (χ0v) is 8.65. The molecule has 1 amide bonds. The molecule has 74 valence electrons. The van der Waals surface area contributed by atoms with Gasteiger partial charge in [-0.15, -0.1) is 0 Å². The van der Waals surface area contributed by atoms with Gasteiger partial charge in [-0.05, 0) is 31.1 Å². The van der Waals surface area contributed by atoms with Crippen molar-refractivity contribution in [2.75, 3.05) is 6.54 Å². The minimum atomic E-state index is 0.000106. The first-order valence-corrected chi connectivity index (χ1v) is 5.33. The van der Waals surface area contributed by atoms with E-state index in [9.17, 15) is 4.79 Å². The van der Waals surface area contributed by atoms with Crippen LogP contribution in [0.5, 0.6) is 0 Å². The third kappa shape index (κ3) is 1.72. The summed E-state index contributed by atoms with van der Waals surface area (Å²) in [6.07, 6.45) is 6.06. The van der Waals surface area contributed by atoms with Crippen LogP contribution in [0.15, 0.2) is 0 Å². The SMILES string of the molecule is CC1(CNC(=O)C2(C)CC2)CCC1. The van der Waals surface area contributed by atoms with Crippen molar-refractivity contribution in [2.24, 2.45) is 10.8 Å². The summed E-state index contributed by atoms with van der Waals surface area (Å²) in [5, 5.41) is 3.09. The lowest BCUT2D eigenvalue weighted by Crippen LogP contribution is -2.42.